The summed E-state index contributed by atoms with van der Waals surface area (Å²) in [6, 6.07) is 8.50. The van der Waals surface area contributed by atoms with E-state index in [1.165, 1.54) is 12.0 Å². The van der Waals surface area contributed by atoms with Crippen LogP contribution in [-0.2, 0) is 11.2 Å². The van der Waals surface area contributed by atoms with E-state index in [4.69, 9.17) is 0 Å². The lowest BCUT2D eigenvalue weighted by Crippen LogP contribution is -1.95. The zero-order chi connectivity index (χ0) is 12.1. The van der Waals surface area contributed by atoms with Gasteiger partial charge in [0.25, 0.3) is 0 Å². The van der Waals surface area contributed by atoms with Crippen LogP contribution in [0.1, 0.15) is 45.2 Å². The molecule has 1 heteroatoms. The lowest BCUT2D eigenvalue weighted by Gasteiger charge is -2.06. The summed E-state index contributed by atoms with van der Waals surface area (Å²) in [6.07, 6.45) is 2.29. The molecule has 0 saturated carbocycles. The number of allylic oxidation sites excluding steroid dienone is 2. The zero-order valence-electron chi connectivity index (χ0n) is 10.6. The van der Waals surface area contributed by atoms with Gasteiger partial charge >= 0.3 is 0 Å². The minimum atomic E-state index is 0.148. The van der Waals surface area contributed by atoms with Gasteiger partial charge in [-0.1, -0.05) is 37.6 Å². The van der Waals surface area contributed by atoms with Crippen LogP contribution in [-0.4, -0.2) is 5.78 Å². The van der Waals surface area contributed by atoms with Crippen molar-refractivity contribution in [2.24, 2.45) is 0 Å². The number of Topliss-reactive ketones (excluding diaryl/α,β-unsaturated/α-hetero) is 1. The number of rotatable bonds is 4. The smallest absolute Gasteiger partial charge is 0.155 e. The number of carbonyl (C=O) groups is 1. The van der Waals surface area contributed by atoms with E-state index < -0.39 is 0 Å². The molecule has 0 heterocycles. The molecule has 0 bridgehead atoms. The van der Waals surface area contributed by atoms with E-state index in [1.54, 1.807) is 6.92 Å². The Morgan fingerprint density at radius 2 is 1.62 bits per heavy atom. The summed E-state index contributed by atoms with van der Waals surface area (Å²) in [5, 5.41) is 0. The van der Waals surface area contributed by atoms with E-state index in [-0.39, 0.29) is 5.78 Å². The molecule has 0 aromatic heterocycles. The third-order valence-electron chi connectivity index (χ3n) is 3.02. The molecule has 0 amide bonds. The van der Waals surface area contributed by atoms with Crippen molar-refractivity contribution >= 4 is 11.4 Å². The number of benzene rings is 1. The van der Waals surface area contributed by atoms with Gasteiger partial charge in [0.1, 0.15) is 0 Å². The molecule has 0 aliphatic rings. The van der Waals surface area contributed by atoms with E-state index in [0.717, 1.165) is 23.1 Å². The van der Waals surface area contributed by atoms with E-state index in [2.05, 4.69) is 31.2 Å². The van der Waals surface area contributed by atoms with Gasteiger partial charge in [0, 0.05) is 0 Å². The van der Waals surface area contributed by atoms with Crippen molar-refractivity contribution < 1.29 is 4.79 Å². The van der Waals surface area contributed by atoms with Crippen LogP contribution in [0.25, 0.3) is 5.57 Å². The molecular weight excluding hydrogens is 196 g/mol. The van der Waals surface area contributed by atoms with Crippen molar-refractivity contribution in [3.63, 3.8) is 0 Å². The number of hydrogen-bond donors (Lipinski definition) is 0. The molecular formula is C15H20O. The Morgan fingerprint density at radius 3 is 2.06 bits per heavy atom. The molecule has 86 valence electrons. The number of aryl methyl sites for hydroxylation is 1. The average Bonchev–Trinajstić information content (AvgIpc) is 2.28. The normalized spacial score (nSPS) is 12.2. The van der Waals surface area contributed by atoms with Gasteiger partial charge in [-0.25, -0.2) is 0 Å². The van der Waals surface area contributed by atoms with Crippen molar-refractivity contribution in [2.75, 3.05) is 0 Å². The summed E-state index contributed by atoms with van der Waals surface area (Å²) in [6.45, 7) is 7.69. The highest BCUT2D eigenvalue weighted by molar-refractivity contribution is 6.00. The summed E-state index contributed by atoms with van der Waals surface area (Å²) >= 11 is 0. The second-order valence-electron chi connectivity index (χ2n) is 4.25. The van der Waals surface area contributed by atoms with Crippen LogP contribution in [0.15, 0.2) is 29.8 Å². The summed E-state index contributed by atoms with van der Waals surface area (Å²) in [4.78, 5) is 11.3. The van der Waals surface area contributed by atoms with Crippen LogP contribution in [0.4, 0.5) is 0 Å². The second-order valence-corrected chi connectivity index (χ2v) is 4.25. The molecule has 0 unspecified atom stereocenters. The fourth-order valence-corrected chi connectivity index (χ4v) is 1.69. The van der Waals surface area contributed by atoms with Gasteiger partial charge in [-0.3, -0.25) is 4.79 Å². The topological polar surface area (TPSA) is 17.1 Å². The molecule has 0 aliphatic carbocycles. The molecule has 1 rings (SSSR count). The fourth-order valence-electron chi connectivity index (χ4n) is 1.69. The average molecular weight is 216 g/mol. The monoisotopic (exact) mass is 216 g/mol. The standard InChI is InChI=1S/C15H20O/c1-5-6-14-7-9-15(10-8-14)12(3)11(2)13(4)16/h7-10H,5-6H2,1-4H3. The van der Waals surface area contributed by atoms with E-state index in [1.807, 2.05) is 13.8 Å². The highest BCUT2D eigenvalue weighted by Crippen LogP contribution is 2.19. The quantitative estimate of drug-likeness (QED) is 0.695. The Bertz CT molecular complexity index is 396. The van der Waals surface area contributed by atoms with Gasteiger partial charge in [-0.15, -0.1) is 0 Å². The maximum atomic E-state index is 11.3. The molecule has 0 N–H and O–H groups in total. The third-order valence-corrected chi connectivity index (χ3v) is 3.02. The number of hydrogen-bond acceptors (Lipinski definition) is 1. The Labute approximate surface area is 98.2 Å². The zero-order valence-corrected chi connectivity index (χ0v) is 10.6. The van der Waals surface area contributed by atoms with Gasteiger partial charge in [-0.2, -0.15) is 0 Å². The predicted octanol–water partition coefficient (Wildman–Crippen LogP) is 4.02. The predicted molar refractivity (Wildman–Crippen MR) is 69.4 cm³/mol. The molecule has 0 radical (unpaired) electrons. The lowest BCUT2D eigenvalue weighted by molar-refractivity contribution is -0.113. The van der Waals surface area contributed by atoms with Crippen LogP contribution in [0.5, 0.6) is 0 Å². The van der Waals surface area contributed by atoms with Crippen LogP contribution < -0.4 is 0 Å². The largest absolute Gasteiger partial charge is 0.295 e. The van der Waals surface area contributed by atoms with E-state index in [0.29, 0.717) is 0 Å². The van der Waals surface area contributed by atoms with Crippen LogP contribution in [0.2, 0.25) is 0 Å². The van der Waals surface area contributed by atoms with E-state index in [9.17, 15) is 4.79 Å². The second kappa shape index (κ2) is 5.64. The Kier molecular flexibility index (Phi) is 4.48. The molecule has 0 atom stereocenters. The first-order chi connectivity index (χ1) is 7.56. The Hall–Kier alpha value is -1.37. The van der Waals surface area contributed by atoms with Crippen molar-refractivity contribution in [1.82, 2.24) is 0 Å². The highest BCUT2D eigenvalue weighted by Gasteiger charge is 2.04. The first-order valence-electron chi connectivity index (χ1n) is 5.84. The Balaban J connectivity index is 2.98. The Morgan fingerprint density at radius 1 is 1.06 bits per heavy atom. The van der Waals surface area contributed by atoms with Crippen molar-refractivity contribution in [2.45, 2.75) is 40.5 Å². The summed E-state index contributed by atoms with van der Waals surface area (Å²) in [5.74, 6) is 0.148. The SMILES string of the molecule is CCCc1ccc(C(C)=C(C)C(C)=O)cc1. The van der Waals surface area contributed by atoms with Gasteiger partial charge < -0.3 is 0 Å². The van der Waals surface area contributed by atoms with Crippen molar-refractivity contribution in [3.05, 3.63) is 41.0 Å². The summed E-state index contributed by atoms with van der Waals surface area (Å²) in [5.41, 5.74) is 4.44. The van der Waals surface area contributed by atoms with Gasteiger partial charge in [0.15, 0.2) is 5.78 Å². The summed E-state index contributed by atoms with van der Waals surface area (Å²) < 4.78 is 0. The highest BCUT2D eigenvalue weighted by atomic mass is 16.1. The molecule has 0 fully saturated rings. The fraction of sp³-hybridized carbons (Fsp3) is 0.400. The van der Waals surface area contributed by atoms with Crippen molar-refractivity contribution in [3.8, 4) is 0 Å². The molecule has 1 aromatic carbocycles. The molecule has 16 heavy (non-hydrogen) atoms. The molecule has 1 aromatic rings. The third kappa shape index (κ3) is 3.06. The van der Waals surface area contributed by atoms with Gasteiger partial charge in [0.05, 0.1) is 0 Å². The minimum Gasteiger partial charge on any atom is -0.295 e. The number of ketones is 1. The van der Waals surface area contributed by atoms with E-state index >= 15 is 0 Å². The maximum absolute atomic E-state index is 11.3. The van der Waals surface area contributed by atoms with Crippen molar-refractivity contribution in [1.29, 1.82) is 0 Å². The molecule has 1 nitrogen and oxygen atoms in total. The van der Waals surface area contributed by atoms with Crippen LogP contribution in [0.3, 0.4) is 0 Å². The first kappa shape index (κ1) is 12.7. The first-order valence-corrected chi connectivity index (χ1v) is 5.84. The molecule has 0 aliphatic heterocycles. The van der Waals surface area contributed by atoms with Crippen LogP contribution >= 0.6 is 0 Å². The molecule has 0 spiro atoms. The van der Waals surface area contributed by atoms with Gasteiger partial charge in [0.2, 0.25) is 0 Å². The summed E-state index contributed by atoms with van der Waals surface area (Å²) in [7, 11) is 0. The van der Waals surface area contributed by atoms with Crippen LogP contribution in [0, 0.1) is 0 Å². The maximum Gasteiger partial charge on any atom is 0.155 e. The minimum absolute atomic E-state index is 0.148. The van der Waals surface area contributed by atoms with Gasteiger partial charge in [-0.05, 0) is 49.5 Å². The molecule has 0 saturated heterocycles. The lowest BCUT2D eigenvalue weighted by atomic mass is 9.98. The number of carbonyl (C=O) groups excluding carboxylic acids is 1.